The molecule has 2 aliphatic rings. The maximum absolute atomic E-state index is 13.1. The summed E-state index contributed by atoms with van der Waals surface area (Å²) >= 11 is 1.45. The van der Waals surface area contributed by atoms with Gasteiger partial charge in [0.1, 0.15) is 23.1 Å². The van der Waals surface area contributed by atoms with Crippen LogP contribution in [0.3, 0.4) is 0 Å². The van der Waals surface area contributed by atoms with Crippen LogP contribution in [0.5, 0.6) is 0 Å². The van der Waals surface area contributed by atoms with Crippen LogP contribution in [0.1, 0.15) is 31.9 Å². The van der Waals surface area contributed by atoms with E-state index in [4.69, 9.17) is 0 Å². The lowest BCUT2D eigenvalue weighted by molar-refractivity contribution is -0.134. The summed E-state index contributed by atoms with van der Waals surface area (Å²) in [6, 6.07) is 4.75. The van der Waals surface area contributed by atoms with Crippen LogP contribution in [-0.2, 0) is 21.4 Å². The summed E-state index contributed by atoms with van der Waals surface area (Å²) < 4.78 is 29.9. The number of likely N-dealkylation sites (tertiary alicyclic amines) is 1. The van der Waals surface area contributed by atoms with Crippen LogP contribution < -0.4 is 4.72 Å². The van der Waals surface area contributed by atoms with Gasteiger partial charge in [0, 0.05) is 31.6 Å². The Morgan fingerprint density at radius 2 is 2.18 bits per heavy atom. The van der Waals surface area contributed by atoms with E-state index in [1.54, 1.807) is 39.3 Å². The Hall–Kier alpha value is -1.76. The molecule has 2 aliphatic heterocycles. The minimum absolute atomic E-state index is 0.171. The zero-order valence-corrected chi connectivity index (χ0v) is 17.6. The van der Waals surface area contributed by atoms with Crippen LogP contribution in [-0.4, -0.2) is 53.9 Å². The molecule has 1 aromatic heterocycles. The van der Waals surface area contributed by atoms with Crippen molar-refractivity contribution in [2.75, 3.05) is 18.8 Å². The molecule has 0 spiro atoms. The van der Waals surface area contributed by atoms with Gasteiger partial charge in [-0.05, 0) is 42.7 Å². The van der Waals surface area contributed by atoms with E-state index in [-0.39, 0.29) is 5.91 Å². The summed E-state index contributed by atoms with van der Waals surface area (Å²) in [6.07, 6.45) is 5.61. The molecule has 1 fully saturated rings. The predicted octanol–water partition coefficient (Wildman–Crippen LogP) is 1.93. The fourth-order valence-corrected chi connectivity index (χ4v) is 6.33. The highest BCUT2D eigenvalue weighted by molar-refractivity contribution is 8.03. The molecule has 3 heterocycles. The van der Waals surface area contributed by atoms with Crippen molar-refractivity contribution in [2.24, 2.45) is 5.92 Å². The van der Waals surface area contributed by atoms with Crippen LogP contribution in [0.15, 0.2) is 29.8 Å². The van der Waals surface area contributed by atoms with Gasteiger partial charge in [0.2, 0.25) is 15.9 Å². The van der Waals surface area contributed by atoms with Crippen molar-refractivity contribution in [3.05, 3.63) is 35.5 Å². The van der Waals surface area contributed by atoms with Crippen molar-refractivity contribution in [3.8, 4) is 6.07 Å². The Labute approximate surface area is 170 Å². The zero-order valence-electron chi connectivity index (χ0n) is 16.0. The number of aryl methyl sites for hydroxylation is 1. The second-order valence-corrected chi connectivity index (χ2v) is 10.3. The van der Waals surface area contributed by atoms with Crippen molar-refractivity contribution in [3.63, 3.8) is 0 Å². The van der Waals surface area contributed by atoms with E-state index in [0.29, 0.717) is 43.4 Å². The third-order valence-corrected chi connectivity index (χ3v) is 8.20. The molecule has 0 bridgehead atoms. The van der Waals surface area contributed by atoms with Gasteiger partial charge in [0.25, 0.3) is 0 Å². The van der Waals surface area contributed by atoms with Gasteiger partial charge >= 0.3 is 0 Å². The summed E-state index contributed by atoms with van der Waals surface area (Å²) in [5.74, 6) is 0.877. The lowest BCUT2D eigenvalue weighted by Crippen LogP contribution is -2.52. The first-order valence-corrected chi connectivity index (χ1v) is 12.1. The monoisotopic (exact) mass is 422 g/mol. The predicted molar refractivity (Wildman–Crippen MR) is 110 cm³/mol. The fourth-order valence-electron chi connectivity index (χ4n) is 3.49. The topological polar surface area (TPSA) is 95.2 Å². The molecule has 28 heavy (non-hydrogen) atoms. The molecule has 9 heteroatoms. The number of hydrogen-bond donors (Lipinski definition) is 1. The minimum atomic E-state index is -3.64. The maximum atomic E-state index is 13.1. The number of sulfonamides is 1. The van der Waals surface area contributed by atoms with E-state index in [0.717, 1.165) is 12.8 Å². The van der Waals surface area contributed by atoms with Crippen molar-refractivity contribution in [2.45, 2.75) is 44.0 Å². The smallest absolute Gasteiger partial charge is 0.240 e. The molecule has 2 atom stereocenters. The molecule has 152 valence electrons. The molecule has 7 nitrogen and oxygen atoms in total. The standard InChI is InChI=1S/C19H26N4O3S2/c1-15-4-9-23(10-5-15)19(24)18(6-11-22-8-2-3-16(22)13-20)21-28(25,26)17-7-12-27-14-17/h2-3,7-8,12,15,17-18,21H,4-6,9-11,14H2,1H3. The van der Waals surface area contributed by atoms with Gasteiger partial charge < -0.3 is 9.47 Å². The van der Waals surface area contributed by atoms with Crippen LogP contribution in [0, 0.1) is 17.2 Å². The summed E-state index contributed by atoms with van der Waals surface area (Å²) in [5.41, 5.74) is 0.496. The van der Waals surface area contributed by atoms with Crippen molar-refractivity contribution in [1.82, 2.24) is 14.2 Å². The third kappa shape index (κ3) is 4.99. The highest BCUT2D eigenvalue weighted by Gasteiger charge is 2.34. The molecule has 2 unspecified atom stereocenters. The highest BCUT2D eigenvalue weighted by Crippen LogP contribution is 2.22. The van der Waals surface area contributed by atoms with Crippen LogP contribution in [0.25, 0.3) is 0 Å². The summed E-state index contributed by atoms with van der Waals surface area (Å²) in [7, 11) is -3.64. The Morgan fingerprint density at radius 1 is 1.43 bits per heavy atom. The molecule has 0 saturated carbocycles. The van der Waals surface area contributed by atoms with Gasteiger partial charge in [0.05, 0.1) is 0 Å². The average molecular weight is 423 g/mol. The molecule has 3 rings (SSSR count). The van der Waals surface area contributed by atoms with E-state index in [9.17, 15) is 18.5 Å². The first-order chi connectivity index (χ1) is 13.4. The van der Waals surface area contributed by atoms with Crippen molar-refractivity contribution >= 4 is 27.7 Å². The normalized spacial score (nSPS) is 21.6. The molecule has 0 aliphatic carbocycles. The van der Waals surface area contributed by atoms with Crippen molar-refractivity contribution in [1.29, 1.82) is 5.26 Å². The van der Waals surface area contributed by atoms with Crippen LogP contribution in [0.2, 0.25) is 0 Å². The third-order valence-electron chi connectivity index (χ3n) is 5.35. The van der Waals surface area contributed by atoms with Gasteiger partial charge in [0.15, 0.2) is 0 Å². The van der Waals surface area contributed by atoms with E-state index in [1.165, 1.54) is 11.8 Å². The van der Waals surface area contributed by atoms with Crippen LogP contribution in [0.4, 0.5) is 0 Å². The van der Waals surface area contributed by atoms with E-state index < -0.39 is 21.3 Å². The fraction of sp³-hybridized carbons (Fsp3) is 0.579. The number of nitrogens with one attached hydrogen (secondary N) is 1. The molecular formula is C19H26N4O3S2. The number of carbonyl (C=O) groups is 1. The van der Waals surface area contributed by atoms with Crippen LogP contribution >= 0.6 is 11.8 Å². The number of piperidine rings is 1. The number of carbonyl (C=O) groups excluding carboxylic acids is 1. The number of thioether (sulfide) groups is 1. The Morgan fingerprint density at radius 3 is 2.82 bits per heavy atom. The van der Waals surface area contributed by atoms with Gasteiger partial charge in [-0.15, -0.1) is 11.8 Å². The number of hydrogen-bond acceptors (Lipinski definition) is 5. The molecule has 0 aromatic carbocycles. The van der Waals surface area contributed by atoms with Crippen molar-refractivity contribution < 1.29 is 13.2 Å². The lowest BCUT2D eigenvalue weighted by atomic mass is 9.98. The number of amides is 1. The van der Waals surface area contributed by atoms with Gasteiger partial charge in [-0.1, -0.05) is 13.0 Å². The first-order valence-electron chi connectivity index (χ1n) is 9.54. The number of nitriles is 1. The minimum Gasteiger partial charge on any atom is -0.341 e. The summed E-state index contributed by atoms with van der Waals surface area (Å²) in [5, 5.41) is 10.3. The van der Waals surface area contributed by atoms with E-state index in [2.05, 4.69) is 17.7 Å². The molecule has 1 aromatic rings. The summed E-state index contributed by atoms with van der Waals surface area (Å²) in [4.78, 5) is 14.9. The SMILES string of the molecule is CC1CCN(C(=O)C(CCn2cccc2C#N)NS(=O)(=O)C2C=CSC2)CC1. The molecule has 0 radical (unpaired) electrons. The quantitative estimate of drug-likeness (QED) is 0.724. The maximum Gasteiger partial charge on any atom is 0.240 e. The van der Waals surface area contributed by atoms with Gasteiger partial charge in [-0.2, -0.15) is 5.26 Å². The lowest BCUT2D eigenvalue weighted by Gasteiger charge is -2.33. The van der Waals surface area contributed by atoms with E-state index >= 15 is 0 Å². The second kappa shape index (κ2) is 9.16. The summed E-state index contributed by atoms with van der Waals surface area (Å²) in [6.45, 7) is 3.88. The Kier molecular flexibility index (Phi) is 6.86. The zero-order chi connectivity index (χ0) is 20.1. The second-order valence-electron chi connectivity index (χ2n) is 7.41. The first kappa shape index (κ1) is 21.0. The number of aromatic nitrogens is 1. The van der Waals surface area contributed by atoms with E-state index in [1.807, 2.05) is 0 Å². The Balaban J connectivity index is 1.74. The largest absolute Gasteiger partial charge is 0.341 e. The number of nitrogens with zero attached hydrogens (tertiary/aromatic N) is 3. The molecule has 1 N–H and O–H groups in total. The number of rotatable bonds is 7. The average Bonchev–Trinajstić information content (AvgIpc) is 3.37. The molecule has 1 amide bonds. The van der Waals surface area contributed by atoms with Gasteiger partial charge in [-0.25, -0.2) is 13.1 Å². The van der Waals surface area contributed by atoms with Gasteiger partial charge in [-0.3, -0.25) is 4.79 Å². The molecular weight excluding hydrogens is 396 g/mol. The molecule has 1 saturated heterocycles. The highest BCUT2D eigenvalue weighted by atomic mass is 32.2. The Bertz CT molecular complexity index is 864.